The first kappa shape index (κ1) is 29.3. The van der Waals surface area contributed by atoms with E-state index in [0.717, 1.165) is 69.3 Å². The molecule has 1 aliphatic heterocycles. The Hall–Kier alpha value is -1.75. The third-order valence-electron chi connectivity index (χ3n) is 5.54. The van der Waals surface area contributed by atoms with Crippen LogP contribution in [0.3, 0.4) is 0 Å². The fraction of sp³-hybridized carbons (Fsp3) is 0.667. The number of nitrogens with zero attached hydrogens (tertiary/aromatic N) is 3. The van der Waals surface area contributed by atoms with Crippen LogP contribution in [-0.4, -0.2) is 88.2 Å². The number of carbonyl (C=O) groups is 1. The number of carbonyl (C=O) groups excluding carboxylic acids is 1. The number of rotatable bonds is 12. The Morgan fingerprint density at radius 2 is 1.85 bits per heavy atom. The number of likely N-dealkylation sites (tertiary alicyclic amines) is 1. The van der Waals surface area contributed by atoms with Gasteiger partial charge in [0.15, 0.2) is 17.5 Å². The molecule has 1 unspecified atom stereocenters. The maximum Gasteiger partial charge on any atom is 0.239 e. The molecule has 1 aromatic carbocycles. The quantitative estimate of drug-likeness (QED) is 0.173. The zero-order chi connectivity index (χ0) is 23.3. The topological polar surface area (TPSA) is 78.4 Å². The lowest BCUT2D eigenvalue weighted by Crippen LogP contribution is -2.44. The van der Waals surface area contributed by atoms with E-state index in [2.05, 4.69) is 26.6 Å². The second-order valence-electron chi connectivity index (χ2n) is 8.10. The Morgan fingerprint density at radius 1 is 1.15 bits per heavy atom. The maximum absolute atomic E-state index is 12.3. The Kier molecular flexibility index (Phi) is 14.2. The largest absolute Gasteiger partial charge is 0.490 e. The van der Waals surface area contributed by atoms with E-state index in [0.29, 0.717) is 13.2 Å². The summed E-state index contributed by atoms with van der Waals surface area (Å²) in [5.74, 6) is 2.59. The van der Waals surface area contributed by atoms with Crippen LogP contribution < -0.4 is 20.1 Å². The monoisotopic (exact) mass is 575 g/mol. The van der Waals surface area contributed by atoms with Crippen molar-refractivity contribution in [1.82, 2.24) is 20.4 Å². The Balaban J connectivity index is 0.00000544. The predicted molar refractivity (Wildman–Crippen MR) is 145 cm³/mol. The second-order valence-corrected chi connectivity index (χ2v) is 8.10. The van der Waals surface area contributed by atoms with E-state index in [1.54, 1.807) is 11.9 Å². The van der Waals surface area contributed by atoms with Crippen molar-refractivity contribution in [3.8, 4) is 11.5 Å². The molecule has 1 heterocycles. The van der Waals surface area contributed by atoms with Gasteiger partial charge in [0, 0.05) is 40.8 Å². The molecule has 0 aromatic heterocycles. The molecule has 2 rings (SSSR count). The number of guanidine groups is 1. The van der Waals surface area contributed by atoms with Gasteiger partial charge in [0.1, 0.15) is 0 Å². The second kappa shape index (κ2) is 16.0. The summed E-state index contributed by atoms with van der Waals surface area (Å²) in [4.78, 5) is 20.6. The number of nitrogens with one attached hydrogen (secondary N) is 2. The number of hydrogen-bond donors (Lipinski definition) is 2. The van der Waals surface area contributed by atoms with Crippen molar-refractivity contribution in [2.45, 2.75) is 45.6 Å². The van der Waals surface area contributed by atoms with Crippen LogP contribution in [0.15, 0.2) is 23.2 Å². The Morgan fingerprint density at radius 3 is 2.52 bits per heavy atom. The number of amides is 1. The van der Waals surface area contributed by atoms with Crippen LogP contribution in [0.4, 0.5) is 0 Å². The highest BCUT2D eigenvalue weighted by atomic mass is 127. The van der Waals surface area contributed by atoms with Gasteiger partial charge < -0.3 is 25.0 Å². The standard InChI is InChI=1S/C24H41N5O3.HI/c1-6-31-21-12-11-19(18-22(21)32-7-2)13-15-27-24(25-3)26-14-9-17-29-16-8-10-20(29)23(30)28(4)5;/h11-12,18,20H,6-10,13-17H2,1-5H3,(H2,25,26,27);1H. The van der Waals surface area contributed by atoms with Crippen LogP contribution in [0.1, 0.15) is 38.7 Å². The van der Waals surface area contributed by atoms with Crippen molar-refractivity contribution in [3.05, 3.63) is 23.8 Å². The molecule has 0 spiro atoms. The number of benzene rings is 1. The average Bonchev–Trinajstić information content (AvgIpc) is 3.25. The van der Waals surface area contributed by atoms with E-state index in [4.69, 9.17) is 9.47 Å². The Labute approximate surface area is 216 Å². The number of ether oxygens (including phenoxy) is 2. The molecule has 0 aliphatic carbocycles. The zero-order valence-electron chi connectivity index (χ0n) is 20.9. The van der Waals surface area contributed by atoms with E-state index in [1.807, 2.05) is 40.1 Å². The molecule has 33 heavy (non-hydrogen) atoms. The normalized spacial score (nSPS) is 16.2. The molecule has 8 nitrogen and oxygen atoms in total. The average molecular weight is 576 g/mol. The Bertz CT molecular complexity index is 745. The number of halogens is 1. The fourth-order valence-electron chi connectivity index (χ4n) is 3.96. The minimum absolute atomic E-state index is 0. The third-order valence-corrected chi connectivity index (χ3v) is 5.54. The molecule has 1 atom stereocenters. The van der Waals surface area contributed by atoms with Crippen molar-refractivity contribution in [2.75, 3.05) is 60.5 Å². The first-order valence-electron chi connectivity index (χ1n) is 11.8. The number of hydrogen-bond acceptors (Lipinski definition) is 5. The molecule has 2 N–H and O–H groups in total. The van der Waals surface area contributed by atoms with Crippen LogP contribution >= 0.6 is 24.0 Å². The van der Waals surface area contributed by atoms with Crippen molar-refractivity contribution in [2.24, 2.45) is 4.99 Å². The molecular formula is C24H42IN5O3. The first-order valence-corrected chi connectivity index (χ1v) is 11.8. The molecule has 9 heteroatoms. The van der Waals surface area contributed by atoms with Gasteiger partial charge in [0.2, 0.25) is 5.91 Å². The van der Waals surface area contributed by atoms with Crippen LogP contribution in [0.2, 0.25) is 0 Å². The van der Waals surface area contributed by atoms with Gasteiger partial charge in [-0.2, -0.15) is 0 Å². The van der Waals surface area contributed by atoms with Gasteiger partial charge in [-0.1, -0.05) is 6.07 Å². The summed E-state index contributed by atoms with van der Waals surface area (Å²) in [5.41, 5.74) is 1.19. The third kappa shape index (κ3) is 9.56. The molecule has 1 amide bonds. The number of likely N-dealkylation sites (N-methyl/N-ethyl adjacent to an activating group) is 1. The molecule has 1 fully saturated rings. The highest BCUT2D eigenvalue weighted by Crippen LogP contribution is 2.28. The zero-order valence-corrected chi connectivity index (χ0v) is 23.2. The molecule has 188 valence electrons. The molecule has 0 radical (unpaired) electrons. The molecule has 1 aromatic rings. The summed E-state index contributed by atoms with van der Waals surface area (Å²) in [6, 6.07) is 6.14. The van der Waals surface area contributed by atoms with Gasteiger partial charge in [-0.25, -0.2) is 0 Å². The van der Waals surface area contributed by atoms with Crippen LogP contribution in [0.25, 0.3) is 0 Å². The van der Waals surface area contributed by atoms with Crippen molar-refractivity contribution >= 4 is 35.8 Å². The summed E-state index contributed by atoms with van der Waals surface area (Å²) in [7, 11) is 5.45. The highest BCUT2D eigenvalue weighted by Gasteiger charge is 2.30. The van der Waals surface area contributed by atoms with Gasteiger partial charge in [-0.15, -0.1) is 24.0 Å². The molecule has 1 saturated heterocycles. The van der Waals surface area contributed by atoms with Gasteiger partial charge in [-0.05, 0) is 63.8 Å². The van der Waals surface area contributed by atoms with Gasteiger partial charge >= 0.3 is 0 Å². The highest BCUT2D eigenvalue weighted by molar-refractivity contribution is 14.0. The minimum atomic E-state index is 0. The lowest BCUT2D eigenvalue weighted by Gasteiger charge is -2.26. The summed E-state index contributed by atoms with van der Waals surface area (Å²) in [6.45, 7) is 8.68. The maximum atomic E-state index is 12.3. The fourth-order valence-corrected chi connectivity index (χ4v) is 3.96. The van der Waals surface area contributed by atoms with Gasteiger partial charge in [0.25, 0.3) is 0 Å². The first-order chi connectivity index (χ1) is 15.5. The van der Waals surface area contributed by atoms with E-state index in [-0.39, 0.29) is 35.9 Å². The van der Waals surface area contributed by atoms with E-state index >= 15 is 0 Å². The van der Waals surface area contributed by atoms with Gasteiger partial charge in [-0.3, -0.25) is 14.7 Å². The van der Waals surface area contributed by atoms with E-state index in [9.17, 15) is 4.79 Å². The summed E-state index contributed by atoms with van der Waals surface area (Å²) in [6.07, 6.45) is 3.88. The lowest BCUT2D eigenvalue weighted by molar-refractivity contribution is -0.133. The molecular weight excluding hydrogens is 533 g/mol. The summed E-state index contributed by atoms with van der Waals surface area (Å²) < 4.78 is 11.3. The van der Waals surface area contributed by atoms with Crippen LogP contribution in [0.5, 0.6) is 11.5 Å². The van der Waals surface area contributed by atoms with E-state index < -0.39 is 0 Å². The molecule has 0 saturated carbocycles. The molecule has 0 bridgehead atoms. The van der Waals surface area contributed by atoms with Crippen molar-refractivity contribution in [1.29, 1.82) is 0 Å². The van der Waals surface area contributed by atoms with E-state index in [1.165, 1.54) is 5.56 Å². The van der Waals surface area contributed by atoms with Crippen molar-refractivity contribution in [3.63, 3.8) is 0 Å². The SMILES string of the molecule is CCOc1ccc(CCNC(=NC)NCCCN2CCCC2C(=O)N(C)C)cc1OCC.I. The predicted octanol–water partition coefficient (Wildman–Crippen LogP) is 2.75. The van der Waals surface area contributed by atoms with Crippen LogP contribution in [0, 0.1) is 0 Å². The van der Waals surface area contributed by atoms with Gasteiger partial charge in [0.05, 0.1) is 19.3 Å². The van der Waals surface area contributed by atoms with Crippen LogP contribution in [-0.2, 0) is 11.2 Å². The summed E-state index contributed by atoms with van der Waals surface area (Å²) in [5, 5.41) is 6.75. The smallest absolute Gasteiger partial charge is 0.239 e. The lowest BCUT2D eigenvalue weighted by atomic mass is 10.1. The van der Waals surface area contributed by atoms with Crippen molar-refractivity contribution < 1.29 is 14.3 Å². The number of aliphatic imine (C=N–C) groups is 1. The minimum Gasteiger partial charge on any atom is -0.490 e. The summed E-state index contributed by atoms with van der Waals surface area (Å²) >= 11 is 0. The molecule has 1 aliphatic rings.